The van der Waals surface area contributed by atoms with Crippen LogP contribution in [0.25, 0.3) is 0 Å². The molecule has 0 radical (unpaired) electrons. The highest BCUT2D eigenvalue weighted by Gasteiger charge is 2.24. The van der Waals surface area contributed by atoms with Crippen LogP contribution in [-0.4, -0.2) is 45.9 Å². The Bertz CT molecular complexity index is 510. The number of alkyl halides is 1. The monoisotopic (exact) mass is 326 g/mol. The van der Waals surface area contributed by atoms with Crippen LogP contribution in [0, 0.1) is 22.0 Å². The van der Waals surface area contributed by atoms with Gasteiger partial charge in [-0.25, -0.2) is 4.39 Å². The molecule has 0 unspecified atom stereocenters. The molecule has 23 heavy (non-hydrogen) atoms. The van der Waals surface area contributed by atoms with Gasteiger partial charge in [0, 0.05) is 13.1 Å². The molecule has 1 aliphatic heterocycles. The Morgan fingerprint density at radius 1 is 1.43 bits per heavy atom. The van der Waals surface area contributed by atoms with Gasteiger partial charge in [0.15, 0.2) is 0 Å². The van der Waals surface area contributed by atoms with Crippen LogP contribution >= 0.6 is 0 Å². The molecule has 0 amide bonds. The first-order valence-corrected chi connectivity index (χ1v) is 8.48. The molecule has 1 fully saturated rings. The Kier molecular flexibility index (Phi) is 6.50. The molecule has 0 atom stereocenters. The van der Waals surface area contributed by atoms with E-state index in [9.17, 15) is 14.5 Å². The van der Waals surface area contributed by atoms with Gasteiger partial charge in [-0.2, -0.15) is 5.10 Å². The zero-order chi connectivity index (χ0) is 16.8. The molecule has 1 saturated heterocycles. The van der Waals surface area contributed by atoms with Gasteiger partial charge in [-0.3, -0.25) is 14.8 Å². The average Bonchev–Trinajstić information content (AvgIpc) is 2.90. The Morgan fingerprint density at radius 3 is 2.70 bits per heavy atom. The van der Waals surface area contributed by atoms with Gasteiger partial charge in [0.05, 0.1) is 4.92 Å². The molecule has 130 valence electrons. The summed E-state index contributed by atoms with van der Waals surface area (Å²) in [5.41, 5.74) is 0.885. The predicted octanol–water partition coefficient (Wildman–Crippen LogP) is 3.06. The lowest BCUT2D eigenvalue weighted by molar-refractivity contribution is -0.385. The first-order valence-electron chi connectivity index (χ1n) is 8.48. The molecule has 0 aliphatic carbocycles. The van der Waals surface area contributed by atoms with Crippen molar-refractivity contribution in [3.63, 3.8) is 0 Å². The number of hydrogen-bond donors (Lipinski definition) is 0. The van der Waals surface area contributed by atoms with E-state index in [0.717, 1.165) is 44.6 Å². The van der Waals surface area contributed by atoms with Crippen LogP contribution in [0.1, 0.15) is 38.8 Å². The highest BCUT2D eigenvalue weighted by molar-refractivity contribution is 5.33. The van der Waals surface area contributed by atoms with Crippen molar-refractivity contribution in [2.24, 2.45) is 11.8 Å². The van der Waals surface area contributed by atoms with Crippen molar-refractivity contribution in [2.45, 2.75) is 46.1 Å². The fourth-order valence-corrected chi connectivity index (χ4v) is 3.15. The second kappa shape index (κ2) is 8.38. The second-order valence-corrected chi connectivity index (χ2v) is 6.82. The van der Waals surface area contributed by atoms with Crippen LogP contribution in [0.4, 0.5) is 10.1 Å². The summed E-state index contributed by atoms with van der Waals surface area (Å²) in [7, 11) is 0. The lowest BCUT2D eigenvalue weighted by Gasteiger charge is -2.31. The Morgan fingerprint density at radius 2 is 2.13 bits per heavy atom. The summed E-state index contributed by atoms with van der Waals surface area (Å²) in [6, 6.07) is 0. The highest BCUT2D eigenvalue weighted by Crippen LogP contribution is 2.25. The molecule has 6 nitrogen and oxygen atoms in total. The molecule has 0 bridgehead atoms. The summed E-state index contributed by atoms with van der Waals surface area (Å²) in [5.74, 6) is 0.963. The van der Waals surface area contributed by atoms with Crippen molar-refractivity contribution in [1.29, 1.82) is 0 Å². The van der Waals surface area contributed by atoms with Crippen molar-refractivity contribution in [3.8, 4) is 0 Å². The van der Waals surface area contributed by atoms with Crippen LogP contribution in [0.2, 0.25) is 0 Å². The molecule has 0 spiro atoms. The van der Waals surface area contributed by atoms with Crippen molar-refractivity contribution in [2.75, 3.05) is 26.3 Å². The van der Waals surface area contributed by atoms with Crippen molar-refractivity contribution in [1.82, 2.24) is 14.7 Å². The smallest absolute Gasteiger partial charge is 0.301 e. The van der Waals surface area contributed by atoms with E-state index < -0.39 is 0 Å². The van der Waals surface area contributed by atoms with Crippen LogP contribution in [0.3, 0.4) is 0 Å². The molecule has 1 aromatic heterocycles. The average molecular weight is 326 g/mol. The lowest BCUT2D eigenvalue weighted by atomic mass is 9.96. The maximum Gasteiger partial charge on any atom is 0.310 e. The fourth-order valence-electron chi connectivity index (χ4n) is 3.15. The first kappa shape index (κ1) is 17.8. The quantitative estimate of drug-likeness (QED) is 0.544. The molecular weight excluding hydrogens is 299 g/mol. The van der Waals surface area contributed by atoms with Crippen molar-refractivity contribution < 1.29 is 9.31 Å². The summed E-state index contributed by atoms with van der Waals surface area (Å²) in [6.45, 7) is 6.98. The molecule has 2 rings (SSSR count). The number of nitrogens with zero attached hydrogens (tertiary/aromatic N) is 4. The third-order valence-electron chi connectivity index (χ3n) is 4.62. The van der Waals surface area contributed by atoms with E-state index in [1.165, 1.54) is 6.20 Å². The fraction of sp³-hybridized carbons (Fsp3) is 0.812. The van der Waals surface area contributed by atoms with Gasteiger partial charge in [-0.15, -0.1) is 0 Å². The Hall–Kier alpha value is -1.50. The largest absolute Gasteiger partial charge is 0.310 e. The minimum absolute atomic E-state index is 0.139. The van der Waals surface area contributed by atoms with E-state index >= 15 is 0 Å². The van der Waals surface area contributed by atoms with E-state index in [0.29, 0.717) is 24.8 Å². The highest BCUT2D eigenvalue weighted by atomic mass is 19.1. The van der Waals surface area contributed by atoms with Gasteiger partial charge in [0.25, 0.3) is 0 Å². The third-order valence-corrected chi connectivity index (χ3v) is 4.62. The summed E-state index contributed by atoms with van der Waals surface area (Å²) in [6.07, 6.45) is 4.98. The maximum atomic E-state index is 12.4. The van der Waals surface area contributed by atoms with Crippen LogP contribution in [-0.2, 0) is 13.0 Å². The molecule has 0 N–H and O–H groups in total. The molecule has 0 aromatic carbocycles. The number of likely N-dealkylation sites (tertiary alicyclic amines) is 1. The number of halogens is 1. The number of rotatable bonds is 8. The maximum absolute atomic E-state index is 12.4. The Labute approximate surface area is 136 Å². The van der Waals surface area contributed by atoms with E-state index in [1.54, 1.807) is 0 Å². The summed E-state index contributed by atoms with van der Waals surface area (Å²) in [5, 5.41) is 15.5. The molecule has 7 heteroatoms. The molecule has 1 aromatic rings. The Balaban J connectivity index is 2.00. The number of aromatic nitrogens is 2. The van der Waals surface area contributed by atoms with Crippen molar-refractivity contribution >= 4 is 5.69 Å². The van der Waals surface area contributed by atoms with Gasteiger partial charge >= 0.3 is 5.69 Å². The van der Waals surface area contributed by atoms with E-state index in [2.05, 4.69) is 23.8 Å². The number of piperidine rings is 1. The molecule has 2 heterocycles. The summed E-state index contributed by atoms with van der Waals surface area (Å²) >= 11 is 0. The standard InChI is InChI=1S/C16H27FN4O2/c1-13(2)3-4-15-16(21(22)23)11-18-20(15)12-14-5-8-19(9-6-14)10-7-17/h11,13-14H,3-10,12H2,1-2H3. The topological polar surface area (TPSA) is 64.2 Å². The van der Waals surface area contributed by atoms with Crippen LogP contribution in [0.5, 0.6) is 0 Å². The predicted molar refractivity (Wildman–Crippen MR) is 87.2 cm³/mol. The first-order chi connectivity index (χ1) is 11.0. The summed E-state index contributed by atoms with van der Waals surface area (Å²) in [4.78, 5) is 13.0. The molecule has 0 saturated carbocycles. The van der Waals surface area contributed by atoms with Gasteiger partial charge in [-0.1, -0.05) is 13.8 Å². The number of nitro groups is 1. The SMILES string of the molecule is CC(C)CCc1c([N+](=O)[O-])cnn1CC1CCN(CCF)CC1. The van der Waals surface area contributed by atoms with Crippen LogP contribution in [0.15, 0.2) is 6.20 Å². The lowest BCUT2D eigenvalue weighted by Crippen LogP contribution is -2.36. The van der Waals surface area contributed by atoms with E-state index in [1.807, 2.05) is 4.68 Å². The van der Waals surface area contributed by atoms with Crippen molar-refractivity contribution in [3.05, 3.63) is 22.0 Å². The number of hydrogen-bond acceptors (Lipinski definition) is 4. The zero-order valence-corrected chi connectivity index (χ0v) is 14.1. The van der Waals surface area contributed by atoms with Gasteiger partial charge in [0.1, 0.15) is 18.6 Å². The van der Waals surface area contributed by atoms with Gasteiger partial charge in [-0.05, 0) is 50.6 Å². The molecule has 1 aliphatic rings. The van der Waals surface area contributed by atoms with Gasteiger partial charge < -0.3 is 4.90 Å². The minimum Gasteiger partial charge on any atom is -0.301 e. The normalized spacial score (nSPS) is 17.0. The zero-order valence-electron chi connectivity index (χ0n) is 14.1. The third kappa shape index (κ3) is 4.99. The van der Waals surface area contributed by atoms with Crippen LogP contribution < -0.4 is 0 Å². The van der Waals surface area contributed by atoms with E-state index in [-0.39, 0.29) is 17.3 Å². The van der Waals surface area contributed by atoms with Gasteiger partial charge in [0.2, 0.25) is 0 Å². The second-order valence-electron chi connectivity index (χ2n) is 6.82. The van der Waals surface area contributed by atoms with E-state index in [4.69, 9.17) is 0 Å². The minimum atomic E-state index is -0.330. The molecular formula is C16H27FN4O2. The summed E-state index contributed by atoms with van der Waals surface area (Å²) < 4.78 is 14.2.